The van der Waals surface area contributed by atoms with Gasteiger partial charge >= 0.3 is 0 Å². The summed E-state index contributed by atoms with van der Waals surface area (Å²) in [4.78, 5) is 4.87. The number of unbranched alkanes of at least 4 members (excludes halogenated alkanes) is 1. The zero-order valence-corrected chi connectivity index (χ0v) is 16.7. The van der Waals surface area contributed by atoms with Crippen molar-refractivity contribution in [3.05, 3.63) is 107 Å². The molecule has 0 aromatic heterocycles. The highest BCUT2D eigenvalue weighted by Gasteiger charge is 2.29. The van der Waals surface area contributed by atoms with Crippen molar-refractivity contribution in [2.24, 2.45) is 4.99 Å². The van der Waals surface area contributed by atoms with E-state index in [4.69, 9.17) is 4.99 Å². The van der Waals surface area contributed by atoms with Crippen LogP contribution in [0.1, 0.15) is 60.4 Å². The molecule has 4 rings (SSSR count). The molecule has 0 amide bonds. The lowest BCUT2D eigenvalue weighted by atomic mass is 9.82. The van der Waals surface area contributed by atoms with Crippen molar-refractivity contribution in [1.82, 2.24) is 0 Å². The number of nitrogens with zero attached hydrogens (tertiary/aromatic N) is 1. The molecule has 0 N–H and O–H groups in total. The van der Waals surface area contributed by atoms with Gasteiger partial charge in [-0.05, 0) is 52.8 Å². The number of allylic oxidation sites excluding steroid dienone is 1. The molecule has 1 aliphatic rings. The third-order valence-corrected chi connectivity index (χ3v) is 5.56. The molecule has 28 heavy (non-hydrogen) atoms. The van der Waals surface area contributed by atoms with Crippen LogP contribution in [0.3, 0.4) is 0 Å². The molecule has 0 fully saturated rings. The van der Waals surface area contributed by atoms with Crippen LogP contribution in [0.5, 0.6) is 0 Å². The maximum Gasteiger partial charge on any atom is 0.0392 e. The van der Waals surface area contributed by atoms with Crippen molar-refractivity contribution >= 4 is 17.4 Å². The summed E-state index contributed by atoms with van der Waals surface area (Å²) in [7, 11) is 0. The minimum absolute atomic E-state index is 0.242. The maximum atomic E-state index is 4.87. The van der Waals surface area contributed by atoms with Gasteiger partial charge in [0.1, 0.15) is 0 Å². The normalized spacial score (nSPS) is 16.0. The average molecular weight is 366 g/mol. The number of benzene rings is 3. The molecular formula is C27H27N. The number of hydrogen-bond donors (Lipinski definition) is 0. The van der Waals surface area contributed by atoms with Gasteiger partial charge in [0.2, 0.25) is 0 Å². The summed E-state index contributed by atoms with van der Waals surface area (Å²) in [6.45, 7) is 5.27. The topological polar surface area (TPSA) is 12.4 Å². The Hall–Kier alpha value is -2.93. The molecule has 1 heteroatoms. The molecule has 0 saturated heterocycles. The van der Waals surface area contributed by atoms with Crippen LogP contribution >= 0.6 is 0 Å². The van der Waals surface area contributed by atoms with Gasteiger partial charge in [-0.1, -0.05) is 92.2 Å². The van der Waals surface area contributed by atoms with Gasteiger partial charge < -0.3 is 0 Å². The fraction of sp³-hybridized carbons (Fsp3) is 0.222. The molecule has 3 aromatic carbocycles. The standard InChI is InChI=1S/C27H27N/c1-3-4-18-28-20(2)23-15-10-11-17-25(23)27-24-16-9-8-14-22(24)19-26(27)21-12-6-5-7-13-21/h5-17,19,27H,3-4,18H2,1-2H3/b28-20+. The zero-order valence-electron chi connectivity index (χ0n) is 16.7. The van der Waals surface area contributed by atoms with Crippen LogP contribution in [-0.2, 0) is 0 Å². The van der Waals surface area contributed by atoms with Gasteiger partial charge in [-0.25, -0.2) is 0 Å². The van der Waals surface area contributed by atoms with E-state index in [2.05, 4.69) is 98.8 Å². The first kappa shape index (κ1) is 18.4. The molecule has 1 aliphatic carbocycles. The van der Waals surface area contributed by atoms with Gasteiger partial charge in [-0.3, -0.25) is 4.99 Å². The first-order chi connectivity index (χ1) is 13.8. The number of fused-ring (bicyclic) bond motifs is 1. The van der Waals surface area contributed by atoms with Crippen LogP contribution in [-0.4, -0.2) is 12.3 Å². The van der Waals surface area contributed by atoms with E-state index in [1.165, 1.54) is 39.8 Å². The Labute approximate surface area is 168 Å². The van der Waals surface area contributed by atoms with E-state index in [0.29, 0.717) is 0 Å². The Bertz CT molecular complexity index is 1010. The molecule has 1 unspecified atom stereocenters. The summed E-state index contributed by atoms with van der Waals surface area (Å²) in [6, 6.07) is 28.3. The fourth-order valence-corrected chi connectivity index (χ4v) is 4.11. The third-order valence-electron chi connectivity index (χ3n) is 5.56. The highest BCUT2D eigenvalue weighted by atomic mass is 14.7. The molecular weight excluding hydrogens is 338 g/mol. The van der Waals surface area contributed by atoms with Gasteiger partial charge in [-0.2, -0.15) is 0 Å². The highest BCUT2D eigenvalue weighted by Crippen LogP contribution is 2.46. The van der Waals surface area contributed by atoms with E-state index in [1.807, 2.05) is 0 Å². The average Bonchev–Trinajstić information content (AvgIpc) is 3.14. The van der Waals surface area contributed by atoms with E-state index in [-0.39, 0.29) is 5.92 Å². The third kappa shape index (κ3) is 3.57. The molecule has 140 valence electrons. The minimum atomic E-state index is 0.242. The lowest BCUT2D eigenvalue weighted by Crippen LogP contribution is -2.08. The minimum Gasteiger partial charge on any atom is -0.289 e. The van der Waals surface area contributed by atoms with Crippen LogP contribution in [0.25, 0.3) is 11.6 Å². The van der Waals surface area contributed by atoms with E-state index in [1.54, 1.807) is 0 Å². The molecule has 1 atom stereocenters. The second-order valence-electron chi connectivity index (χ2n) is 7.44. The molecule has 0 heterocycles. The Balaban J connectivity index is 1.83. The first-order valence-corrected chi connectivity index (χ1v) is 10.3. The van der Waals surface area contributed by atoms with Crippen molar-refractivity contribution in [2.75, 3.05) is 6.54 Å². The second-order valence-corrected chi connectivity index (χ2v) is 7.44. The zero-order chi connectivity index (χ0) is 19.3. The molecule has 3 aromatic rings. The van der Waals surface area contributed by atoms with Gasteiger partial charge in [0, 0.05) is 18.2 Å². The molecule has 0 spiro atoms. The predicted octanol–water partition coefficient (Wildman–Crippen LogP) is 6.98. The molecule has 1 nitrogen and oxygen atoms in total. The predicted molar refractivity (Wildman–Crippen MR) is 121 cm³/mol. The van der Waals surface area contributed by atoms with Crippen molar-refractivity contribution in [2.45, 2.75) is 32.6 Å². The summed E-state index contributed by atoms with van der Waals surface area (Å²) < 4.78 is 0. The Kier molecular flexibility index (Phi) is 5.53. The summed E-state index contributed by atoms with van der Waals surface area (Å²) in [5, 5.41) is 0. The fourth-order valence-electron chi connectivity index (χ4n) is 4.11. The second kappa shape index (κ2) is 8.39. The molecule has 0 saturated carbocycles. The SMILES string of the molecule is CCCC/N=C(\C)c1ccccc1C1C(c2ccccc2)=Cc2ccccc21. The van der Waals surface area contributed by atoms with Crippen LogP contribution in [0, 0.1) is 0 Å². The summed E-state index contributed by atoms with van der Waals surface area (Å²) >= 11 is 0. The van der Waals surface area contributed by atoms with Crippen molar-refractivity contribution in [1.29, 1.82) is 0 Å². The number of hydrogen-bond acceptors (Lipinski definition) is 1. The van der Waals surface area contributed by atoms with Gasteiger partial charge in [0.05, 0.1) is 0 Å². The van der Waals surface area contributed by atoms with Crippen molar-refractivity contribution < 1.29 is 0 Å². The van der Waals surface area contributed by atoms with Gasteiger partial charge in [0.25, 0.3) is 0 Å². The lowest BCUT2D eigenvalue weighted by Gasteiger charge is -2.21. The van der Waals surface area contributed by atoms with Crippen LogP contribution in [0.15, 0.2) is 83.9 Å². The Morgan fingerprint density at radius 2 is 1.50 bits per heavy atom. The summed E-state index contributed by atoms with van der Waals surface area (Å²) in [5.41, 5.74) is 9.12. The lowest BCUT2D eigenvalue weighted by molar-refractivity contribution is 0.807. The number of rotatable bonds is 6. The number of aliphatic imine (C=N–C) groups is 1. The quantitative estimate of drug-likeness (QED) is 0.330. The Morgan fingerprint density at radius 1 is 0.821 bits per heavy atom. The largest absolute Gasteiger partial charge is 0.289 e. The van der Waals surface area contributed by atoms with Crippen LogP contribution < -0.4 is 0 Å². The summed E-state index contributed by atoms with van der Waals surface area (Å²) in [5.74, 6) is 0.242. The smallest absolute Gasteiger partial charge is 0.0392 e. The molecule has 0 bridgehead atoms. The van der Waals surface area contributed by atoms with Gasteiger partial charge in [-0.15, -0.1) is 0 Å². The Morgan fingerprint density at radius 3 is 2.29 bits per heavy atom. The highest BCUT2D eigenvalue weighted by molar-refractivity contribution is 6.02. The van der Waals surface area contributed by atoms with Gasteiger partial charge in [0.15, 0.2) is 0 Å². The van der Waals surface area contributed by atoms with Crippen LogP contribution in [0.2, 0.25) is 0 Å². The monoisotopic (exact) mass is 365 g/mol. The molecule has 0 aliphatic heterocycles. The van der Waals surface area contributed by atoms with Crippen LogP contribution in [0.4, 0.5) is 0 Å². The van der Waals surface area contributed by atoms with Crippen molar-refractivity contribution in [3.63, 3.8) is 0 Å². The van der Waals surface area contributed by atoms with E-state index in [0.717, 1.165) is 18.7 Å². The van der Waals surface area contributed by atoms with E-state index >= 15 is 0 Å². The first-order valence-electron chi connectivity index (χ1n) is 10.3. The van der Waals surface area contributed by atoms with E-state index in [9.17, 15) is 0 Å². The van der Waals surface area contributed by atoms with Crippen molar-refractivity contribution in [3.8, 4) is 0 Å². The summed E-state index contributed by atoms with van der Waals surface area (Å²) in [6.07, 6.45) is 4.67. The molecule has 0 radical (unpaired) electrons. The van der Waals surface area contributed by atoms with E-state index < -0.39 is 0 Å². The maximum absolute atomic E-state index is 4.87.